The monoisotopic (exact) mass is 382 g/mol. The fourth-order valence-electron chi connectivity index (χ4n) is 3.71. The number of urea groups is 2. The molecule has 0 radical (unpaired) electrons. The summed E-state index contributed by atoms with van der Waals surface area (Å²) in [5.74, 6) is -0.0434. The molecule has 0 saturated carbocycles. The van der Waals surface area contributed by atoms with E-state index in [1.165, 1.54) is 4.90 Å². The molecule has 0 bridgehead atoms. The van der Waals surface area contributed by atoms with E-state index < -0.39 is 0 Å². The molecule has 0 unspecified atom stereocenters. The molecule has 2 saturated heterocycles. The van der Waals surface area contributed by atoms with Gasteiger partial charge in [-0.3, -0.25) is 9.89 Å². The fourth-order valence-corrected chi connectivity index (χ4v) is 3.71. The van der Waals surface area contributed by atoms with Gasteiger partial charge in [0.1, 0.15) is 6.54 Å². The third kappa shape index (κ3) is 3.42. The maximum atomic E-state index is 12.7. The lowest BCUT2D eigenvalue weighted by Crippen LogP contribution is -2.41. The maximum absolute atomic E-state index is 12.7. The van der Waals surface area contributed by atoms with Crippen LogP contribution in [0.15, 0.2) is 36.5 Å². The fraction of sp³-hybridized carbons (Fsp3) is 0.368. The van der Waals surface area contributed by atoms with Gasteiger partial charge in [-0.1, -0.05) is 6.07 Å². The predicted molar refractivity (Wildman–Crippen MR) is 103 cm³/mol. The van der Waals surface area contributed by atoms with Gasteiger partial charge in [0.05, 0.1) is 5.69 Å². The van der Waals surface area contributed by atoms with Crippen molar-refractivity contribution >= 4 is 29.3 Å². The largest absolute Gasteiger partial charge is 0.331 e. The van der Waals surface area contributed by atoms with Gasteiger partial charge in [-0.15, -0.1) is 0 Å². The molecule has 2 fully saturated rings. The minimum atomic E-state index is -0.369. The highest BCUT2D eigenvalue weighted by Gasteiger charge is 2.35. The van der Waals surface area contributed by atoms with E-state index in [4.69, 9.17) is 0 Å². The Bertz CT molecular complexity index is 897. The number of hydrogen-bond acceptors (Lipinski definition) is 4. The quantitative estimate of drug-likeness (QED) is 0.795. The number of nitrogens with zero attached hydrogens (tertiary/aromatic N) is 4. The van der Waals surface area contributed by atoms with E-state index >= 15 is 0 Å². The van der Waals surface area contributed by atoms with Crippen LogP contribution in [0.25, 0.3) is 0 Å². The summed E-state index contributed by atoms with van der Waals surface area (Å²) in [5, 5.41) is 9.86. The number of likely N-dealkylation sites (tertiary alicyclic amines) is 1. The summed E-state index contributed by atoms with van der Waals surface area (Å²) in [5.41, 5.74) is 2.03. The Kier molecular flexibility index (Phi) is 4.72. The van der Waals surface area contributed by atoms with Gasteiger partial charge in [-0.2, -0.15) is 5.10 Å². The van der Waals surface area contributed by atoms with Crippen molar-refractivity contribution in [1.82, 2.24) is 20.0 Å². The zero-order valence-electron chi connectivity index (χ0n) is 15.6. The highest BCUT2D eigenvalue weighted by molar-refractivity contribution is 6.19. The number of aromatic amines is 1. The Morgan fingerprint density at radius 3 is 2.86 bits per heavy atom. The standard InChI is InChI=1S/C19H22N6O3/c1-23-12-17(26)25(19(23)28)15-6-2-5-14(10-15)21-18(27)24-9-3-4-13(11-24)16-7-8-20-22-16/h2,5-8,10,13H,3-4,9,11-12H2,1H3,(H,20,22)(H,21,27)/t13-/m1/s1. The van der Waals surface area contributed by atoms with Crippen LogP contribution in [0.3, 0.4) is 0 Å². The second kappa shape index (κ2) is 7.34. The number of rotatable bonds is 3. The van der Waals surface area contributed by atoms with Crippen LogP contribution in [0.1, 0.15) is 24.5 Å². The van der Waals surface area contributed by atoms with Crippen LogP contribution < -0.4 is 10.2 Å². The molecule has 0 aliphatic carbocycles. The molecular formula is C19H22N6O3. The first-order valence-corrected chi connectivity index (χ1v) is 9.26. The molecule has 3 heterocycles. The third-order valence-electron chi connectivity index (χ3n) is 5.17. The molecule has 1 aromatic heterocycles. The summed E-state index contributed by atoms with van der Waals surface area (Å²) in [6.07, 6.45) is 3.65. The summed E-state index contributed by atoms with van der Waals surface area (Å²) in [7, 11) is 1.58. The summed E-state index contributed by atoms with van der Waals surface area (Å²) in [6, 6.07) is 8.16. The Morgan fingerprint density at radius 1 is 1.29 bits per heavy atom. The van der Waals surface area contributed by atoms with Crippen molar-refractivity contribution < 1.29 is 14.4 Å². The number of carbonyl (C=O) groups is 3. The maximum Gasteiger partial charge on any atom is 0.331 e. The van der Waals surface area contributed by atoms with E-state index in [1.54, 1.807) is 42.4 Å². The molecular weight excluding hydrogens is 360 g/mol. The van der Waals surface area contributed by atoms with Crippen molar-refractivity contribution in [1.29, 1.82) is 0 Å². The summed E-state index contributed by atoms with van der Waals surface area (Å²) in [6.45, 7) is 1.35. The number of hydrogen-bond donors (Lipinski definition) is 2. The van der Waals surface area contributed by atoms with Gasteiger partial charge in [0.15, 0.2) is 0 Å². The molecule has 1 atom stereocenters. The number of likely N-dealkylation sites (N-methyl/N-ethyl adjacent to an activating group) is 1. The van der Waals surface area contributed by atoms with Crippen LogP contribution in [0.5, 0.6) is 0 Å². The first-order chi connectivity index (χ1) is 13.5. The van der Waals surface area contributed by atoms with E-state index in [1.807, 2.05) is 6.07 Å². The highest BCUT2D eigenvalue weighted by atomic mass is 16.2. The molecule has 9 heteroatoms. The van der Waals surface area contributed by atoms with Crippen LogP contribution >= 0.6 is 0 Å². The zero-order chi connectivity index (χ0) is 19.7. The van der Waals surface area contributed by atoms with E-state index in [-0.39, 0.29) is 30.4 Å². The second-order valence-electron chi connectivity index (χ2n) is 7.15. The first-order valence-electron chi connectivity index (χ1n) is 9.26. The number of piperidine rings is 1. The van der Waals surface area contributed by atoms with E-state index in [0.717, 1.165) is 23.4 Å². The molecule has 0 spiro atoms. The van der Waals surface area contributed by atoms with Gasteiger partial charge >= 0.3 is 12.1 Å². The predicted octanol–water partition coefficient (Wildman–Crippen LogP) is 2.22. The van der Waals surface area contributed by atoms with Crippen molar-refractivity contribution in [3.63, 3.8) is 0 Å². The lowest BCUT2D eigenvalue weighted by Gasteiger charge is -2.32. The van der Waals surface area contributed by atoms with Gasteiger partial charge in [0.25, 0.3) is 5.91 Å². The summed E-state index contributed by atoms with van der Waals surface area (Å²) >= 11 is 0. The third-order valence-corrected chi connectivity index (χ3v) is 5.17. The molecule has 2 N–H and O–H groups in total. The average molecular weight is 382 g/mol. The Hall–Kier alpha value is -3.36. The van der Waals surface area contributed by atoms with E-state index in [2.05, 4.69) is 15.5 Å². The number of amides is 5. The lowest BCUT2D eigenvalue weighted by molar-refractivity contribution is -0.116. The van der Waals surface area contributed by atoms with Crippen LogP contribution in [-0.2, 0) is 4.79 Å². The van der Waals surface area contributed by atoms with Crippen molar-refractivity contribution in [3.05, 3.63) is 42.2 Å². The van der Waals surface area contributed by atoms with Crippen LogP contribution in [0.4, 0.5) is 21.0 Å². The first kappa shape index (κ1) is 18.0. The number of imide groups is 1. The van der Waals surface area contributed by atoms with Gasteiger partial charge in [0.2, 0.25) is 0 Å². The molecule has 2 aromatic rings. The number of carbonyl (C=O) groups excluding carboxylic acids is 3. The normalized spacial score (nSPS) is 20.0. The van der Waals surface area contributed by atoms with Crippen LogP contribution in [0.2, 0.25) is 0 Å². The minimum absolute atomic E-state index is 0.0538. The molecule has 2 aliphatic heterocycles. The van der Waals surface area contributed by atoms with Crippen molar-refractivity contribution in [2.75, 3.05) is 36.9 Å². The summed E-state index contributed by atoms with van der Waals surface area (Å²) < 4.78 is 0. The number of nitrogens with one attached hydrogen (secondary N) is 2. The molecule has 5 amide bonds. The van der Waals surface area contributed by atoms with E-state index in [9.17, 15) is 14.4 Å². The molecule has 146 valence electrons. The molecule has 4 rings (SSSR count). The highest BCUT2D eigenvalue weighted by Crippen LogP contribution is 2.27. The van der Waals surface area contributed by atoms with Crippen LogP contribution in [0, 0.1) is 0 Å². The Balaban J connectivity index is 1.45. The molecule has 9 nitrogen and oxygen atoms in total. The second-order valence-corrected chi connectivity index (χ2v) is 7.15. The lowest BCUT2D eigenvalue weighted by atomic mass is 9.95. The number of aromatic nitrogens is 2. The molecule has 28 heavy (non-hydrogen) atoms. The SMILES string of the molecule is CN1CC(=O)N(c2cccc(NC(=O)N3CCC[C@@H](c4ccn[nH]4)C3)c2)C1=O. The smallest absolute Gasteiger partial charge is 0.324 e. The molecule has 1 aromatic carbocycles. The van der Waals surface area contributed by atoms with Gasteiger partial charge < -0.3 is 15.1 Å². The topological polar surface area (TPSA) is 102 Å². The van der Waals surface area contributed by atoms with Crippen molar-refractivity contribution in [2.24, 2.45) is 0 Å². The van der Waals surface area contributed by atoms with Crippen LogP contribution in [-0.4, -0.2) is 64.6 Å². The van der Waals surface area contributed by atoms with Crippen molar-refractivity contribution in [2.45, 2.75) is 18.8 Å². The number of benzene rings is 1. The summed E-state index contributed by atoms with van der Waals surface area (Å²) in [4.78, 5) is 41.3. The molecule has 2 aliphatic rings. The van der Waals surface area contributed by atoms with Gasteiger partial charge in [-0.05, 0) is 37.1 Å². The van der Waals surface area contributed by atoms with E-state index in [0.29, 0.717) is 24.5 Å². The van der Waals surface area contributed by atoms with Gasteiger partial charge in [0, 0.05) is 43.6 Å². The Morgan fingerprint density at radius 2 is 2.14 bits per heavy atom. The zero-order valence-corrected chi connectivity index (χ0v) is 15.6. The van der Waals surface area contributed by atoms with Crippen molar-refractivity contribution in [3.8, 4) is 0 Å². The average Bonchev–Trinajstić information content (AvgIpc) is 3.31. The number of anilines is 2. The Labute approximate surface area is 162 Å². The van der Waals surface area contributed by atoms with Gasteiger partial charge in [-0.25, -0.2) is 14.5 Å². The minimum Gasteiger partial charge on any atom is -0.324 e. The number of H-pyrrole nitrogens is 1.